The second-order valence-electron chi connectivity index (χ2n) is 2.15. The van der Waals surface area contributed by atoms with Gasteiger partial charge in [-0.15, -0.1) is 6.58 Å². The van der Waals surface area contributed by atoms with Gasteiger partial charge in [-0.3, -0.25) is 4.79 Å². The lowest BCUT2D eigenvalue weighted by atomic mass is 10.4. The number of allylic oxidation sites excluding steroid dienone is 2. The van der Waals surface area contributed by atoms with E-state index in [0.717, 1.165) is 0 Å². The molecule has 1 aliphatic heterocycles. The lowest BCUT2D eigenvalue weighted by Gasteiger charge is -2.15. The number of aliphatic carboxylic acids is 1. The fraction of sp³-hybridized carbons (Fsp3) is 0.125. The van der Waals surface area contributed by atoms with Crippen molar-refractivity contribution in [1.82, 2.24) is 0 Å². The van der Waals surface area contributed by atoms with Crippen LogP contribution in [-0.4, -0.2) is 16.3 Å². The Balaban J connectivity index is 2.69. The molecule has 0 fully saturated rings. The molecular formula is C8H10O2S. The highest BCUT2D eigenvalue weighted by atomic mass is 32.2. The molecule has 0 bridgehead atoms. The minimum Gasteiger partial charge on any atom is -0.480 e. The number of hydrogen-bond acceptors (Lipinski definition) is 1. The SMILES string of the molecule is C=CC(C(=O)O)[SH]1C=CC=C1. The van der Waals surface area contributed by atoms with Crippen molar-refractivity contribution in [2.24, 2.45) is 0 Å². The number of carboxylic acids is 1. The maximum Gasteiger partial charge on any atom is 0.319 e. The van der Waals surface area contributed by atoms with E-state index in [1.54, 1.807) is 0 Å². The van der Waals surface area contributed by atoms with Crippen molar-refractivity contribution >= 4 is 16.9 Å². The summed E-state index contributed by atoms with van der Waals surface area (Å²) in [5.74, 6) is -0.790. The molecule has 1 aliphatic rings. The van der Waals surface area contributed by atoms with E-state index in [1.807, 2.05) is 23.0 Å². The van der Waals surface area contributed by atoms with Gasteiger partial charge in [0, 0.05) is 0 Å². The third-order valence-electron chi connectivity index (χ3n) is 1.42. The molecule has 2 nitrogen and oxygen atoms in total. The standard InChI is InChI=1S/C8H10O2S/c1-2-7(8(9)10)11-5-3-4-6-11/h2-7,11H,1H2,(H,9,10). The van der Waals surface area contributed by atoms with E-state index in [4.69, 9.17) is 5.11 Å². The Labute approximate surface area is 68.3 Å². The summed E-state index contributed by atoms with van der Waals surface area (Å²) in [5, 5.41) is 12.1. The van der Waals surface area contributed by atoms with E-state index in [-0.39, 0.29) is 0 Å². The molecule has 0 aromatic carbocycles. The van der Waals surface area contributed by atoms with E-state index < -0.39 is 22.1 Å². The molecule has 0 aromatic rings. The lowest BCUT2D eigenvalue weighted by molar-refractivity contribution is -0.135. The van der Waals surface area contributed by atoms with Crippen molar-refractivity contribution in [1.29, 1.82) is 0 Å². The number of hydrogen-bond donors (Lipinski definition) is 2. The summed E-state index contributed by atoms with van der Waals surface area (Å²) in [4.78, 5) is 10.6. The van der Waals surface area contributed by atoms with Gasteiger partial charge in [-0.2, -0.15) is 10.9 Å². The molecule has 0 amide bonds. The van der Waals surface area contributed by atoms with Gasteiger partial charge in [-0.05, 0) is 10.8 Å². The van der Waals surface area contributed by atoms with Crippen LogP contribution in [0, 0.1) is 0 Å². The molecule has 0 aromatic heterocycles. The zero-order valence-corrected chi connectivity index (χ0v) is 6.87. The fourth-order valence-electron chi connectivity index (χ4n) is 0.883. The quantitative estimate of drug-likeness (QED) is 0.499. The van der Waals surface area contributed by atoms with Gasteiger partial charge in [-0.25, -0.2) is 0 Å². The first-order chi connectivity index (χ1) is 5.25. The lowest BCUT2D eigenvalue weighted by Crippen LogP contribution is -2.15. The summed E-state index contributed by atoms with van der Waals surface area (Å²) in [6.45, 7) is 3.49. The van der Waals surface area contributed by atoms with Gasteiger partial charge in [-0.1, -0.05) is 18.2 Å². The molecule has 0 spiro atoms. The van der Waals surface area contributed by atoms with Crippen LogP contribution in [0.2, 0.25) is 0 Å². The van der Waals surface area contributed by atoms with E-state index in [2.05, 4.69) is 6.58 Å². The summed E-state index contributed by atoms with van der Waals surface area (Å²) in [6, 6.07) is 0. The van der Waals surface area contributed by atoms with Crippen LogP contribution in [0.5, 0.6) is 0 Å². The van der Waals surface area contributed by atoms with Crippen LogP contribution < -0.4 is 0 Å². The Morgan fingerprint density at radius 3 is 2.45 bits per heavy atom. The number of rotatable bonds is 3. The Hall–Kier alpha value is -0.960. The van der Waals surface area contributed by atoms with Crippen LogP contribution >= 0.6 is 10.9 Å². The van der Waals surface area contributed by atoms with E-state index >= 15 is 0 Å². The van der Waals surface area contributed by atoms with Gasteiger partial charge in [0.15, 0.2) is 0 Å². The molecule has 1 unspecified atom stereocenters. The van der Waals surface area contributed by atoms with Gasteiger partial charge in [0.2, 0.25) is 0 Å². The van der Waals surface area contributed by atoms with Gasteiger partial charge in [0.05, 0.1) is 0 Å². The molecule has 11 heavy (non-hydrogen) atoms. The third kappa shape index (κ3) is 1.74. The zero-order chi connectivity index (χ0) is 8.27. The average Bonchev–Trinajstić information content (AvgIpc) is 2.40. The smallest absolute Gasteiger partial charge is 0.319 e. The molecule has 0 saturated carbocycles. The number of thiol groups is 1. The second-order valence-corrected chi connectivity index (χ2v) is 4.20. The molecule has 60 valence electrons. The van der Waals surface area contributed by atoms with Crippen LogP contribution in [-0.2, 0) is 4.79 Å². The maximum absolute atomic E-state index is 10.6. The van der Waals surface area contributed by atoms with Crippen molar-refractivity contribution in [3.05, 3.63) is 35.6 Å². The zero-order valence-electron chi connectivity index (χ0n) is 5.97. The maximum atomic E-state index is 10.6. The normalized spacial score (nSPS) is 20.2. The van der Waals surface area contributed by atoms with Gasteiger partial charge < -0.3 is 5.11 Å². The van der Waals surface area contributed by atoms with Crippen molar-refractivity contribution < 1.29 is 9.90 Å². The van der Waals surface area contributed by atoms with Gasteiger partial charge in [0.25, 0.3) is 0 Å². The summed E-state index contributed by atoms with van der Waals surface area (Å²) < 4.78 is 0. The van der Waals surface area contributed by atoms with E-state index in [9.17, 15) is 4.79 Å². The predicted molar refractivity (Wildman–Crippen MR) is 48.9 cm³/mol. The summed E-state index contributed by atoms with van der Waals surface area (Å²) in [7, 11) is -0.627. The largest absolute Gasteiger partial charge is 0.480 e. The second kappa shape index (κ2) is 3.44. The first-order valence-corrected chi connectivity index (χ1v) is 4.78. The third-order valence-corrected chi connectivity index (χ3v) is 3.53. The number of carboxylic acid groups (broad SMARTS) is 1. The first kappa shape index (κ1) is 8.14. The van der Waals surface area contributed by atoms with E-state index in [1.165, 1.54) is 6.08 Å². The first-order valence-electron chi connectivity index (χ1n) is 3.23. The monoisotopic (exact) mass is 170 g/mol. The molecule has 3 heteroatoms. The average molecular weight is 170 g/mol. The molecule has 1 heterocycles. The molecule has 0 aliphatic carbocycles. The Morgan fingerprint density at radius 1 is 1.55 bits per heavy atom. The highest BCUT2D eigenvalue weighted by Gasteiger charge is 2.18. The Bertz CT molecular complexity index is 218. The van der Waals surface area contributed by atoms with Crippen molar-refractivity contribution in [3.8, 4) is 0 Å². The highest BCUT2D eigenvalue weighted by Crippen LogP contribution is 2.38. The summed E-state index contributed by atoms with van der Waals surface area (Å²) in [5.41, 5.74) is 0. The Kier molecular flexibility index (Phi) is 2.54. The van der Waals surface area contributed by atoms with Crippen LogP contribution in [0.4, 0.5) is 0 Å². The van der Waals surface area contributed by atoms with Gasteiger partial charge >= 0.3 is 5.97 Å². The van der Waals surface area contributed by atoms with Crippen molar-refractivity contribution in [2.45, 2.75) is 5.25 Å². The van der Waals surface area contributed by atoms with E-state index in [0.29, 0.717) is 0 Å². The van der Waals surface area contributed by atoms with Crippen LogP contribution in [0.15, 0.2) is 35.6 Å². The summed E-state index contributed by atoms with van der Waals surface area (Å²) >= 11 is 0. The molecule has 0 saturated heterocycles. The molecule has 0 radical (unpaired) electrons. The van der Waals surface area contributed by atoms with Crippen molar-refractivity contribution in [3.63, 3.8) is 0 Å². The highest BCUT2D eigenvalue weighted by molar-refractivity contribution is 8.23. The van der Waals surface area contributed by atoms with Crippen molar-refractivity contribution in [2.75, 3.05) is 0 Å². The minimum absolute atomic E-state index is 0.417. The van der Waals surface area contributed by atoms with Crippen LogP contribution in [0.3, 0.4) is 0 Å². The topological polar surface area (TPSA) is 37.3 Å². The summed E-state index contributed by atoms with van der Waals surface area (Å²) in [6.07, 6.45) is 5.25. The molecule has 1 N–H and O–H groups in total. The van der Waals surface area contributed by atoms with Crippen LogP contribution in [0.25, 0.3) is 0 Å². The predicted octanol–water partition coefficient (Wildman–Crippen LogP) is 1.67. The Morgan fingerprint density at radius 2 is 2.09 bits per heavy atom. The van der Waals surface area contributed by atoms with Gasteiger partial charge in [0.1, 0.15) is 5.25 Å². The number of carbonyl (C=O) groups is 1. The molecule has 1 atom stereocenters. The minimum atomic E-state index is -0.790. The molecule has 1 rings (SSSR count). The fourth-order valence-corrected chi connectivity index (χ4v) is 2.45. The molecular weight excluding hydrogens is 160 g/mol. The van der Waals surface area contributed by atoms with Crippen LogP contribution in [0.1, 0.15) is 0 Å².